The van der Waals surface area contributed by atoms with E-state index in [1.165, 1.54) is 0 Å². The molecule has 2 aromatic carbocycles. The van der Waals surface area contributed by atoms with Gasteiger partial charge in [0, 0.05) is 23.7 Å². The molecular formula is C26H26O5. The third-order valence-electron chi connectivity index (χ3n) is 7.76. The van der Waals surface area contributed by atoms with Crippen LogP contribution >= 0.6 is 0 Å². The van der Waals surface area contributed by atoms with Crippen LogP contribution in [0.2, 0.25) is 0 Å². The van der Waals surface area contributed by atoms with E-state index in [1.807, 2.05) is 19.1 Å². The van der Waals surface area contributed by atoms with Gasteiger partial charge in [-0.2, -0.15) is 0 Å². The summed E-state index contributed by atoms with van der Waals surface area (Å²) < 4.78 is 11.9. The van der Waals surface area contributed by atoms with Gasteiger partial charge in [0.2, 0.25) is 0 Å². The molecule has 0 amide bonds. The predicted molar refractivity (Wildman–Crippen MR) is 113 cm³/mol. The molecule has 8 atom stereocenters. The Morgan fingerprint density at radius 1 is 0.774 bits per heavy atom. The maximum Gasteiger partial charge on any atom is 0.338 e. The number of esters is 2. The number of hydrogen-bond acceptors (Lipinski definition) is 5. The van der Waals surface area contributed by atoms with E-state index in [0.717, 1.165) is 6.42 Å². The van der Waals surface area contributed by atoms with Gasteiger partial charge in [0.1, 0.15) is 18.0 Å². The second kappa shape index (κ2) is 7.63. The molecule has 0 radical (unpaired) electrons. The molecule has 3 aliphatic carbocycles. The first kappa shape index (κ1) is 20.0. The van der Waals surface area contributed by atoms with E-state index < -0.39 is 24.1 Å². The number of hydrogen-bond donors (Lipinski definition) is 0. The second-order valence-electron chi connectivity index (χ2n) is 9.19. The minimum atomic E-state index is -0.604. The molecule has 31 heavy (non-hydrogen) atoms. The predicted octanol–water partition coefficient (Wildman–Crippen LogP) is 4.17. The molecule has 0 aromatic heterocycles. The fourth-order valence-corrected chi connectivity index (χ4v) is 6.20. The van der Waals surface area contributed by atoms with Crippen molar-refractivity contribution < 1.29 is 23.9 Å². The highest BCUT2D eigenvalue weighted by atomic mass is 16.6. The lowest BCUT2D eigenvalue weighted by molar-refractivity contribution is -0.129. The van der Waals surface area contributed by atoms with Crippen LogP contribution in [0.4, 0.5) is 0 Å². The van der Waals surface area contributed by atoms with E-state index in [-0.39, 0.29) is 41.3 Å². The summed E-state index contributed by atoms with van der Waals surface area (Å²) in [6, 6.07) is 17.7. The summed E-state index contributed by atoms with van der Waals surface area (Å²) in [5, 5.41) is 0. The number of ketones is 1. The van der Waals surface area contributed by atoms with Crippen molar-refractivity contribution in [2.75, 3.05) is 0 Å². The first-order valence-corrected chi connectivity index (χ1v) is 11.0. The quantitative estimate of drug-likeness (QED) is 0.697. The number of Topliss-reactive ketones (excluding diaryl/α,β-unsaturated/α-hetero) is 1. The third-order valence-corrected chi connectivity index (χ3v) is 7.76. The maximum absolute atomic E-state index is 13.0. The van der Waals surface area contributed by atoms with Gasteiger partial charge in [0.25, 0.3) is 0 Å². The first-order chi connectivity index (χ1) is 15.0. The fraction of sp³-hybridized carbons (Fsp3) is 0.423. The van der Waals surface area contributed by atoms with Crippen LogP contribution in [0, 0.1) is 35.5 Å². The SMILES string of the molecule is CC1C(=O)C2C3CC(C(OC(=O)c4ccccc4)C3OC(=O)c3ccccc3)C2C1C. The Morgan fingerprint density at radius 3 is 1.77 bits per heavy atom. The number of ether oxygens (including phenoxy) is 2. The topological polar surface area (TPSA) is 69.7 Å². The second-order valence-corrected chi connectivity index (χ2v) is 9.19. The Bertz CT molecular complexity index is 1000. The largest absolute Gasteiger partial charge is 0.455 e. The van der Waals surface area contributed by atoms with E-state index in [0.29, 0.717) is 11.1 Å². The lowest BCUT2D eigenvalue weighted by atomic mass is 9.75. The van der Waals surface area contributed by atoms with Gasteiger partial charge in [-0.05, 0) is 42.5 Å². The molecule has 3 aliphatic rings. The zero-order valence-corrected chi connectivity index (χ0v) is 17.6. The van der Waals surface area contributed by atoms with E-state index in [1.54, 1.807) is 48.5 Å². The number of rotatable bonds is 4. The van der Waals surface area contributed by atoms with Gasteiger partial charge >= 0.3 is 11.9 Å². The molecule has 0 heterocycles. The summed E-state index contributed by atoms with van der Waals surface area (Å²) in [6.07, 6.45) is -0.391. The van der Waals surface area contributed by atoms with Gasteiger partial charge in [0.05, 0.1) is 11.1 Å². The summed E-state index contributed by atoms with van der Waals surface area (Å²) in [5.74, 6) is -0.397. The average molecular weight is 418 g/mol. The lowest BCUT2D eigenvalue weighted by Gasteiger charge is -2.37. The van der Waals surface area contributed by atoms with Crippen LogP contribution in [0.25, 0.3) is 0 Å². The zero-order valence-electron chi connectivity index (χ0n) is 17.6. The Balaban J connectivity index is 1.44. The van der Waals surface area contributed by atoms with Crippen molar-refractivity contribution in [1.82, 2.24) is 0 Å². The van der Waals surface area contributed by atoms with Crippen molar-refractivity contribution in [3.05, 3.63) is 71.8 Å². The third kappa shape index (κ3) is 3.18. The number of fused-ring (bicyclic) bond motifs is 5. The molecule has 5 rings (SSSR count). The van der Waals surface area contributed by atoms with Gasteiger partial charge in [-0.3, -0.25) is 4.79 Å². The van der Waals surface area contributed by atoms with Crippen molar-refractivity contribution >= 4 is 17.7 Å². The fourth-order valence-electron chi connectivity index (χ4n) is 6.20. The summed E-state index contributed by atoms with van der Waals surface area (Å²) in [5.41, 5.74) is 0.924. The molecule has 0 aliphatic heterocycles. The van der Waals surface area contributed by atoms with Crippen LogP contribution < -0.4 is 0 Å². The van der Waals surface area contributed by atoms with Crippen molar-refractivity contribution in [1.29, 1.82) is 0 Å². The van der Waals surface area contributed by atoms with Gasteiger partial charge in [0.15, 0.2) is 0 Å². The van der Waals surface area contributed by atoms with Crippen molar-refractivity contribution in [2.45, 2.75) is 32.5 Å². The zero-order chi connectivity index (χ0) is 21.7. The van der Waals surface area contributed by atoms with Crippen LogP contribution in [0.5, 0.6) is 0 Å². The molecule has 8 unspecified atom stereocenters. The molecule has 0 saturated heterocycles. The highest BCUT2D eigenvalue weighted by molar-refractivity contribution is 5.91. The van der Waals surface area contributed by atoms with Crippen LogP contribution in [-0.4, -0.2) is 29.9 Å². The van der Waals surface area contributed by atoms with Crippen LogP contribution in [0.3, 0.4) is 0 Å². The van der Waals surface area contributed by atoms with E-state index in [9.17, 15) is 14.4 Å². The van der Waals surface area contributed by atoms with E-state index in [2.05, 4.69) is 6.92 Å². The molecule has 2 bridgehead atoms. The number of benzene rings is 2. The Kier molecular flexibility index (Phi) is 4.92. The minimum absolute atomic E-state index is 0.0191. The van der Waals surface area contributed by atoms with Crippen LogP contribution in [0.15, 0.2) is 60.7 Å². The first-order valence-electron chi connectivity index (χ1n) is 11.0. The number of carbonyl (C=O) groups excluding carboxylic acids is 3. The molecule has 5 heteroatoms. The van der Waals surface area contributed by atoms with Crippen molar-refractivity contribution in [3.8, 4) is 0 Å². The molecule has 3 fully saturated rings. The smallest absolute Gasteiger partial charge is 0.338 e. The molecule has 2 aromatic rings. The molecule has 5 nitrogen and oxygen atoms in total. The molecule has 3 saturated carbocycles. The van der Waals surface area contributed by atoms with Crippen LogP contribution in [-0.2, 0) is 14.3 Å². The molecule has 160 valence electrons. The molecule has 0 N–H and O–H groups in total. The highest BCUT2D eigenvalue weighted by Gasteiger charge is 2.67. The Hall–Kier alpha value is -2.95. The summed E-state index contributed by atoms with van der Waals surface area (Å²) in [4.78, 5) is 38.7. The standard InChI is InChI=1S/C26H26O5/c1-14-15(2)22(27)21-19-13-18(20(14)21)23(30-25(28)16-9-5-3-6-10-16)24(19)31-26(29)17-11-7-4-8-12-17/h3-12,14-15,18-21,23-24H,13H2,1-2H3. The minimum Gasteiger partial charge on any atom is -0.455 e. The average Bonchev–Trinajstić information content (AvgIpc) is 3.41. The molecule has 0 spiro atoms. The Labute approximate surface area is 181 Å². The Morgan fingerprint density at radius 2 is 1.26 bits per heavy atom. The van der Waals surface area contributed by atoms with Crippen molar-refractivity contribution in [2.24, 2.45) is 35.5 Å². The van der Waals surface area contributed by atoms with Crippen LogP contribution in [0.1, 0.15) is 41.0 Å². The maximum atomic E-state index is 13.0. The summed E-state index contributed by atoms with van der Waals surface area (Å²) in [7, 11) is 0. The van der Waals surface area contributed by atoms with Gasteiger partial charge in [-0.1, -0.05) is 50.2 Å². The van der Waals surface area contributed by atoms with E-state index in [4.69, 9.17) is 9.47 Å². The molecular weight excluding hydrogens is 392 g/mol. The van der Waals surface area contributed by atoms with E-state index >= 15 is 0 Å². The number of carbonyl (C=O) groups is 3. The summed E-state index contributed by atoms with van der Waals surface area (Å²) >= 11 is 0. The summed E-state index contributed by atoms with van der Waals surface area (Å²) in [6.45, 7) is 4.11. The monoisotopic (exact) mass is 418 g/mol. The van der Waals surface area contributed by atoms with Gasteiger partial charge < -0.3 is 9.47 Å². The highest BCUT2D eigenvalue weighted by Crippen LogP contribution is 2.62. The van der Waals surface area contributed by atoms with Gasteiger partial charge in [-0.15, -0.1) is 0 Å². The normalized spacial score (nSPS) is 35.6. The van der Waals surface area contributed by atoms with Crippen molar-refractivity contribution in [3.63, 3.8) is 0 Å². The lowest BCUT2D eigenvalue weighted by Crippen LogP contribution is -2.47. The van der Waals surface area contributed by atoms with Gasteiger partial charge in [-0.25, -0.2) is 9.59 Å².